The fourth-order valence-electron chi connectivity index (χ4n) is 7.11. The van der Waals surface area contributed by atoms with Crippen LogP contribution in [0.4, 0.5) is 0 Å². The second kappa shape index (κ2) is 24.5. The summed E-state index contributed by atoms with van der Waals surface area (Å²) < 4.78 is 9.89. The van der Waals surface area contributed by atoms with E-state index in [9.17, 15) is 0 Å². The Morgan fingerprint density at radius 3 is 0.585 bits per heavy atom. The fourth-order valence-corrected chi connectivity index (χ4v) is 17.5. The summed E-state index contributed by atoms with van der Waals surface area (Å²) in [4.78, 5) is 0. The molecule has 0 amide bonds. The van der Waals surface area contributed by atoms with E-state index in [2.05, 4.69) is 114 Å². The van der Waals surface area contributed by atoms with Crippen molar-refractivity contribution in [1.29, 1.82) is 0 Å². The van der Waals surface area contributed by atoms with Crippen LogP contribution in [0.3, 0.4) is 0 Å². The van der Waals surface area contributed by atoms with Crippen LogP contribution in [0.15, 0.2) is 0 Å². The summed E-state index contributed by atoms with van der Waals surface area (Å²) >= 11 is 0. The molecule has 0 spiro atoms. The number of ether oxygens (including phenoxy) is 2. The molecular formula is C35H75KO2Si2Sm. The Bertz CT molecular complexity index is 459. The molecule has 41 heavy (non-hydrogen) atoms. The molecule has 2 nitrogen and oxygen atoms in total. The summed E-state index contributed by atoms with van der Waals surface area (Å²) in [5.41, 5.74) is 2.65. The van der Waals surface area contributed by atoms with E-state index in [1.165, 1.54) is 25.7 Å². The average molecular weight is 774 g/mol. The van der Waals surface area contributed by atoms with Crippen LogP contribution < -0.4 is 51.4 Å². The van der Waals surface area contributed by atoms with Crippen LogP contribution >= 0.6 is 0 Å². The topological polar surface area (TPSA) is 18.5 Å². The first-order valence-corrected chi connectivity index (χ1v) is 24.0. The van der Waals surface area contributed by atoms with Gasteiger partial charge in [0, 0.05) is 66.8 Å². The van der Waals surface area contributed by atoms with Gasteiger partial charge in [-0.2, -0.15) is 0 Å². The molecule has 0 aromatic rings. The van der Waals surface area contributed by atoms with Gasteiger partial charge in [0.05, 0.1) is 0 Å². The first-order valence-electron chi connectivity index (χ1n) is 16.8. The first kappa shape index (κ1) is 48.7. The molecule has 0 unspecified atom stereocenters. The summed E-state index contributed by atoms with van der Waals surface area (Å²) in [5.74, 6) is 9.35. The van der Waals surface area contributed by atoms with E-state index < -0.39 is 16.1 Å². The third-order valence-electron chi connectivity index (χ3n) is 10.8. The summed E-state index contributed by atoms with van der Waals surface area (Å²) in [6, 6.07) is 0. The van der Waals surface area contributed by atoms with E-state index in [0.717, 1.165) is 85.6 Å². The molecule has 2 saturated carbocycles. The fraction of sp³-hybridized carbons (Fsp3) is 0.971. The maximum absolute atomic E-state index is 4.94. The average Bonchev–Trinajstić information content (AvgIpc) is 3.65. The van der Waals surface area contributed by atoms with Gasteiger partial charge in [0.2, 0.25) is 0 Å². The van der Waals surface area contributed by atoms with Crippen molar-refractivity contribution in [3.63, 3.8) is 0 Å². The molecule has 2 saturated heterocycles. The maximum Gasteiger partial charge on any atom is 1.00 e. The largest absolute Gasteiger partial charge is 1.00 e. The van der Waals surface area contributed by atoms with Gasteiger partial charge in [0.25, 0.3) is 0 Å². The number of hydrogen-bond donors (Lipinski definition) is 0. The molecule has 0 aromatic heterocycles. The minimum Gasteiger partial charge on any atom is -0.381 e. The van der Waals surface area contributed by atoms with Crippen LogP contribution in [0.2, 0.25) is 39.3 Å². The van der Waals surface area contributed by atoms with Gasteiger partial charge in [-0.25, -0.2) is 0 Å². The predicted molar refractivity (Wildman–Crippen MR) is 183 cm³/mol. The second-order valence-electron chi connectivity index (χ2n) is 16.1. The Labute approximate surface area is 338 Å². The molecule has 0 radical (unpaired) electrons. The second-order valence-corrected chi connectivity index (χ2v) is 26.7. The van der Waals surface area contributed by atoms with Gasteiger partial charge >= 0.3 is 51.4 Å². The van der Waals surface area contributed by atoms with E-state index >= 15 is 0 Å². The zero-order valence-corrected chi connectivity index (χ0v) is 39.0. The molecule has 0 N–H and O–H groups in total. The minimum atomic E-state index is -0.856. The van der Waals surface area contributed by atoms with E-state index in [1.807, 2.05) is 0 Å². The quantitative estimate of drug-likeness (QED) is 0.210. The van der Waals surface area contributed by atoms with E-state index in [1.54, 1.807) is 0 Å². The molecular weight excluding hydrogens is 698 g/mol. The molecule has 4 fully saturated rings. The zero-order chi connectivity index (χ0) is 30.6. The van der Waals surface area contributed by atoms with E-state index in [-0.39, 0.29) is 91.8 Å². The monoisotopic (exact) mass is 774 g/mol. The van der Waals surface area contributed by atoms with Crippen molar-refractivity contribution in [1.82, 2.24) is 0 Å². The molecule has 2 heterocycles. The SMILES string of the molecule is C1CCOC1.C1CCOC1.CC1C(C)C(C)C(C)C1C.CC1C(C)C(C)C(C)C1C.C[Si](C)(C)[CH-][Si](C)(C)C.[K+].[Sm]. The van der Waals surface area contributed by atoms with Gasteiger partial charge < -0.3 is 15.1 Å². The van der Waals surface area contributed by atoms with Crippen LogP contribution in [-0.4, -0.2) is 42.6 Å². The zero-order valence-electron chi connectivity index (χ0n) is 31.2. The van der Waals surface area contributed by atoms with Crippen LogP contribution in [0.1, 0.15) is 94.9 Å². The standard InChI is InChI=1S/2C10H20.C7H19Si2.2C4H8O.K.Sm/c2*1-6-7(2)9(4)10(5)8(6)3;1-8(2,3)7-9(4,5)6;2*1-2-4-5-3-1;;/h2*6-10H,1-5H3;7H,1-6H3;2*1-4H2;;/q;;-1;;;+1;. The van der Waals surface area contributed by atoms with Crippen LogP contribution in [0.25, 0.3) is 0 Å². The number of hydrogen-bond acceptors (Lipinski definition) is 2. The molecule has 4 aliphatic rings. The minimum absolute atomic E-state index is 0. The van der Waals surface area contributed by atoms with Crippen molar-refractivity contribution in [2.75, 3.05) is 26.4 Å². The molecule has 2 aliphatic heterocycles. The summed E-state index contributed by atoms with van der Waals surface area (Å²) in [5, 5.41) is 0. The van der Waals surface area contributed by atoms with Crippen LogP contribution in [-0.2, 0) is 9.47 Å². The maximum atomic E-state index is 4.94. The van der Waals surface area contributed by atoms with Gasteiger partial charge in [-0.1, -0.05) is 109 Å². The number of rotatable bonds is 2. The molecule has 4 rings (SSSR count). The Morgan fingerprint density at radius 2 is 0.537 bits per heavy atom. The van der Waals surface area contributed by atoms with E-state index in [0.29, 0.717) is 0 Å². The molecule has 242 valence electrons. The van der Waals surface area contributed by atoms with Crippen molar-refractivity contribution in [3.8, 4) is 0 Å². The summed E-state index contributed by atoms with van der Waals surface area (Å²) in [6.07, 6.45) is 5.11. The third kappa shape index (κ3) is 21.0. The van der Waals surface area contributed by atoms with Gasteiger partial charge in [-0.3, -0.25) is 0 Å². The normalized spacial score (nSPS) is 36.0. The van der Waals surface area contributed by atoms with Crippen molar-refractivity contribution < 1.29 is 101 Å². The van der Waals surface area contributed by atoms with Crippen molar-refractivity contribution in [2.24, 2.45) is 59.2 Å². The Morgan fingerprint density at radius 1 is 0.390 bits per heavy atom. The summed E-state index contributed by atoms with van der Waals surface area (Å²) in [6.45, 7) is 42.4. The van der Waals surface area contributed by atoms with Crippen molar-refractivity contribution >= 4 is 16.1 Å². The van der Waals surface area contributed by atoms with Gasteiger partial charge in [-0.05, 0) is 84.9 Å². The van der Waals surface area contributed by atoms with Crippen molar-refractivity contribution in [2.45, 2.75) is 134 Å². The van der Waals surface area contributed by atoms with E-state index in [4.69, 9.17) is 9.47 Å². The molecule has 0 aromatic carbocycles. The smallest absolute Gasteiger partial charge is 0.381 e. The van der Waals surface area contributed by atoms with Gasteiger partial charge in [0.15, 0.2) is 0 Å². The first-order chi connectivity index (χ1) is 17.8. The van der Waals surface area contributed by atoms with Gasteiger partial charge in [-0.15, -0.1) is 16.1 Å². The molecule has 0 atom stereocenters. The van der Waals surface area contributed by atoms with Crippen molar-refractivity contribution in [3.05, 3.63) is 5.67 Å². The Kier molecular flexibility index (Phi) is 29.1. The Hall–Kier alpha value is 3.33. The molecule has 6 heteroatoms. The molecule has 2 aliphatic carbocycles. The summed E-state index contributed by atoms with van der Waals surface area (Å²) in [7, 11) is -1.71. The predicted octanol–water partition coefficient (Wildman–Crippen LogP) is 7.90. The Balaban J connectivity index is -0.000000446. The van der Waals surface area contributed by atoms with Crippen LogP contribution in [0.5, 0.6) is 0 Å². The third-order valence-corrected chi connectivity index (χ3v) is 17.7. The van der Waals surface area contributed by atoms with Crippen LogP contribution in [0, 0.1) is 105 Å². The van der Waals surface area contributed by atoms with Gasteiger partial charge in [0.1, 0.15) is 0 Å². The molecule has 0 bridgehead atoms.